The minimum Gasteiger partial charge on any atom is -0.338 e. The van der Waals surface area contributed by atoms with Gasteiger partial charge in [-0.1, -0.05) is 49.7 Å². The van der Waals surface area contributed by atoms with E-state index in [-0.39, 0.29) is 17.7 Å². The molecule has 190 valence electrons. The predicted molar refractivity (Wildman–Crippen MR) is 147 cm³/mol. The number of aryl methyl sites for hydroxylation is 2. The Morgan fingerprint density at radius 2 is 1.83 bits per heavy atom. The van der Waals surface area contributed by atoms with Gasteiger partial charge in [-0.2, -0.15) is 0 Å². The van der Waals surface area contributed by atoms with Gasteiger partial charge in [-0.25, -0.2) is 4.98 Å². The topological polar surface area (TPSA) is 65.5 Å². The monoisotopic (exact) mass is 504 g/mol. The summed E-state index contributed by atoms with van der Waals surface area (Å²) in [6.07, 6.45) is 3.44. The van der Waals surface area contributed by atoms with Crippen LogP contribution in [0.15, 0.2) is 53.9 Å². The van der Waals surface area contributed by atoms with Gasteiger partial charge in [-0.3, -0.25) is 9.59 Å². The van der Waals surface area contributed by atoms with Gasteiger partial charge in [-0.15, -0.1) is 11.3 Å². The van der Waals surface area contributed by atoms with Gasteiger partial charge in [0, 0.05) is 43.2 Å². The lowest BCUT2D eigenvalue weighted by atomic mass is 9.94. The van der Waals surface area contributed by atoms with Crippen LogP contribution in [0.5, 0.6) is 0 Å². The second-order valence-electron chi connectivity index (χ2n) is 9.63. The van der Waals surface area contributed by atoms with E-state index >= 15 is 0 Å². The summed E-state index contributed by atoms with van der Waals surface area (Å²) in [5, 5.41) is 5.83. The standard InChI is InChI=1S/C29H36N4O2S/c1-4-5-15-33(19-23-9-7-6-8-10-23)27(34)24-13-16-32(17-14-24)28(35)26-20-36-29(31-26)30-25-12-11-21(2)22(3)18-25/h6-12,18,20,24H,4-5,13-17,19H2,1-3H3,(H,30,31). The van der Waals surface area contributed by atoms with Crippen LogP contribution in [0.25, 0.3) is 0 Å². The third-order valence-corrected chi connectivity index (χ3v) is 7.68. The average molecular weight is 505 g/mol. The smallest absolute Gasteiger partial charge is 0.273 e. The van der Waals surface area contributed by atoms with Crippen molar-refractivity contribution in [1.82, 2.24) is 14.8 Å². The number of nitrogens with zero attached hydrogens (tertiary/aromatic N) is 3. The number of anilines is 2. The molecule has 1 N–H and O–H groups in total. The molecule has 6 nitrogen and oxygen atoms in total. The van der Waals surface area contributed by atoms with Crippen molar-refractivity contribution in [2.45, 2.75) is 53.0 Å². The maximum atomic E-state index is 13.4. The highest BCUT2D eigenvalue weighted by molar-refractivity contribution is 7.14. The number of likely N-dealkylation sites (tertiary alicyclic amines) is 1. The van der Waals surface area contributed by atoms with Crippen molar-refractivity contribution in [3.63, 3.8) is 0 Å². The Kier molecular flexibility index (Phi) is 8.75. The SMILES string of the molecule is CCCCN(Cc1ccccc1)C(=O)C1CCN(C(=O)c2csc(Nc3ccc(C)c(C)c3)n2)CC1. The van der Waals surface area contributed by atoms with Crippen molar-refractivity contribution in [3.8, 4) is 0 Å². The summed E-state index contributed by atoms with van der Waals surface area (Å²) in [6.45, 7) is 8.90. The second kappa shape index (κ2) is 12.2. The maximum Gasteiger partial charge on any atom is 0.273 e. The van der Waals surface area contributed by atoms with E-state index in [0.29, 0.717) is 43.3 Å². The molecule has 2 amide bonds. The fourth-order valence-electron chi connectivity index (χ4n) is 4.54. The summed E-state index contributed by atoms with van der Waals surface area (Å²) < 4.78 is 0. The highest BCUT2D eigenvalue weighted by Gasteiger charge is 2.31. The molecule has 4 rings (SSSR count). The van der Waals surface area contributed by atoms with E-state index in [9.17, 15) is 9.59 Å². The molecule has 0 aliphatic carbocycles. The van der Waals surface area contributed by atoms with Crippen molar-refractivity contribution in [1.29, 1.82) is 0 Å². The Morgan fingerprint density at radius 3 is 2.53 bits per heavy atom. The Hall–Kier alpha value is -3.19. The first-order chi connectivity index (χ1) is 17.4. The number of thiazole rings is 1. The highest BCUT2D eigenvalue weighted by atomic mass is 32.1. The molecule has 0 radical (unpaired) electrons. The van der Waals surface area contributed by atoms with Crippen molar-refractivity contribution >= 4 is 34.0 Å². The van der Waals surface area contributed by atoms with E-state index < -0.39 is 0 Å². The lowest BCUT2D eigenvalue weighted by molar-refractivity contribution is -0.137. The first-order valence-corrected chi connectivity index (χ1v) is 13.7. The summed E-state index contributed by atoms with van der Waals surface area (Å²) in [4.78, 5) is 34.9. The first-order valence-electron chi connectivity index (χ1n) is 12.9. The summed E-state index contributed by atoms with van der Waals surface area (Å²) in [5.74, 6) is 0.123. The molecule has 0 bridgehead atoms. The molecule has 0 saturated carbocycles. The van der Waals surface area contributed by atoms with E-state index in [2.05, 4.69) is 55.3 Å². The van der Waals surface area contributed by atoms with Crippen molar-refractivity contribution in [3.05, 3.63) is 76.3 Å². The molecule has 0 spiro atoms. The number of carbonyl (C=O) groups excluding carboxylic acids is 2. The summed E-state index contributed by atoms with van der Waals surface area (Å²) in [6, 6.07) is 16.4. The molecular formula is C29H36N4O2S. The number of hydrogen-bond donors (Lipinski definition) is 1. The van der Waals surface area contributed by atoms with Crippen LogP contribution in [0.2, 0.25) is 0 Å². The molecule has 3 aromatic rings. The van der Waals surface area contributed by atoms with Crippen LogP contribution in [0, 0.1) is 19.8 Å². The van der Waals surface area contributed by atoms with Crippen LogP contribution >= 0.6 is 11.3 Å². The fourth-order valence-corrected chi connectivity index (χ4v) is 5.25. The molecule has 2 heterocycles. The quantitative estimate of drug-likeness (QED) is 0.378. The van der Waals surface area contributed by atoms with Gasteiger partial charge in [0.25, 0.3) is 5.91 Å². The molecule has 1 saturated heterocycles. The number of aromatic nitrogens is 1. The number of amides is 2. The summed E-state index contributed by atoms with van der Waals surface area (Å²) in [7, 11) is 0. The highest BCUT2D eigenvalue weighted by Crippen LogP contribution is 2.26. The zero-order valence-electron chi connectivity index (χ0n) is 21.5. The molecular weight excluding hydrogens is 468 g/mol. The number of benzene rings is 2. The zero-order chi connectivity index (χ0) is 25.5. The van der Waals surface area contributed by atoms with E-state index in [1.807, 2.05) is 39.4 Å². The Morgan fingerprint density at radius 1 is 1.08 bits per heavy atom. The molecule has 1 fully saturated rings. The van der Waals surface area contributed by atoms with Gasteiger partial charge < -0.3 is 15.1 Å². The number of piperidine rings is 1. The minimum atomic E-state index is -0.0580. The molecule has 2 aromatic carbocycles. The molecule has 36 heavy (non-hydrogen) atoms. The lowest BCUT2D eigenvalue weighted by Crippen LogP contribution is -2.44. The van der Waals surface area contributed by atoms with Gasteiger partial charge in [0.1, 0.15) is 5.69 Å². The number of nitrogens with one attached hydrogen (secondary N) is 1. The second-order valence-corrected chi connectivity index (χ2v) is 10.5. The summed E-state index contributed by atoms with van der Waals surface area (Å²) >= 11 is 1.43. The van der Waals surface area contributed by atoms with Gasteiger partial charge >= 0.3 is 0 Å². The number of carbonyl (C=O) groups is 2. The van der Waals surface area contributed by atoms with Crippen LogP contribution in [-0.4, -0.2) is 46.2 Å². The van der Waals surface area contributed by atoms with Gasteiger partial charge in [0.2, 0.25) is 5.91 Å². The molecule has 0 atom stereocenters. The van der Waals surface area contributed by atoms with Gasteiger partial charge in [0.15, 0.2) is 5.13 Å². The summed E-state index contributed by atoms with van der Waals surface area (Å²) in [5.41, 5.74) is 5.04. The van der Waals surface area contributed by atoms with Crippen LogP contribution in [0.1, 0.15) is 59.8 Å². The first kappa shape index (κ1) is 25.9. The molecule has 1 aliphatic rings. The van der Waals surface area contributed by atoms with Crippen molar-refractivity contribution in [2.75, 3.05) is 25.0 Å². The predicted octanol–water partition coefficient (Wildman–Crippen LogP) is 6.18. The number of unbranched alkanes of at least 4 members (excludes halogenated alkanes) is 1. The zero-order valence-corrected chi connectivity index (χ0v) is 22.3. The van der Waals surface area contributed by atoms with Crippen molar-refractivity contribution < 1.29 is 9.59 Å². The van der Waals surface area contributed by atoms with E-state index in [1.54, 1.807) is 0 Å². The van der Waals surface area contributed by atoms with Crippen LogP contribution in [0.3, 0.4) is 0 Å². The lowest BCUT2D eigenvalue weighted by Gasteiger charge is -2.34. The van der Waals surface area contributed by atoms with E-state index in [1.165, 1.54) is 22.5 Å². The average Bonchev–Trinajstić information content (AvgIpc) is 3.37. The fraction of sp³-hybridized carbons (Fsp3) is 0.414. The third-order valence-electron chi connectivity index (χ3n) is 6.92. The van der Waals surface area contributed by atoms with Gasteiger partial charge in [-0.05, 0) is 61.9 Å². The molecule has 1 aliphatic heterocycles. The molecule has 1 aromatic heterocycles. The van der Waals surface area contributed by atoms with Crippen LogP contribution in [0.4, 0.5) is 10.8 Å². The molecule has 0 unspecified atom stereocenters. The third kappa shape index (κ3) is 6.52. The van der Waals surface area contributed by atoms with Crippen LogP contribution < -0.4 is 5.32 Å². The van der Waals surface area contributed by atoms with E-state index in [0.717, 1.165) is 30.6 Å². The Balaban J connectivity index is 1.33. The number of hydrogen-bond acceptors (Lipinski definition) is 5. The Bertz CT molecular complexity index is 1170. The van der Waals surface area contributed by atoms with E-state index in [4.69, 9.17) is 0 Å². The van der Waals surface area contributed by atoms with Crippen LogP contribution in [-0.2, 0) is 11.3 Å². The molecule has 7 heteroatoms. The number of rotatable bonds is 9. The van der Waals surface area contributed by atoms with Crippen molar-refractivity contribution in [2.24, 2.45) is 5.92 Å². The van der Waals surface area contributed by atoms with Gasteiger partial charge in [0.05, 0.1) is 0 Å². The maximum absolute atomic E-state index is 13.4. The minimum absolute atomic E-state index is 0.0351. The largest absolute Gasteiger partial charge is 0.338 e. The normalized spacial score (nSPS) is 14.0. The Labute approximate surface area is 218 Å².